The first-order valence-electron chi connectivity index (χ1n) is 5.47. The highest BCUT2D eigenvalue weighted by atomic mass is 79.9. The molecule has 2 N–H and O–H groups in total. The molecular weight excluding hydrogens is 297 g/mol. The average Bonchev–Trinajstić information content (AvgIpc) is 2.41. The maximum Gasteiger partial charge on any atom is 0.137 e. The fourth-order valence-electron chi connectivity index (χ4n) is 1.75. The van der Waals surface area contributed by atoms with Gasteiger partial charge in [-0.3, -0.25) is 0 Å². The predicted octanol–water partition coefficient (Wildman–Crippen LogP) is 3.64. The summed E-state index contributed by atoms with van der Waals surface area (Å²) in [7, 11) is 1.61. The largest absolute Gasteiger partial charge is 0.497 e. The fourth-order valence-corrected chi connectivity index (χ4v) is 2.26. The van der Waals surface area contributed by atoms with Crippen LogP contribution in [-0.4, -0.2) is 7.11 Å². The number of benzene rings is 2. The minimum absolute atomic E-state index is 0.309. The lowest BCUT2D eigenvalue weighted by Crippen LogP contribution is -2.12. The second-order valence-electron chi connectivity index (χ2n) is 3.89. The predicted molar refractivity (Wildman–Crippen MR) is 73.1 cm³/mol. The van der Waals surface area contributed by atoms with Crippen molar-refractivity contribution in [3.05, 3.63) is 63.9 Å². The lowest BCUT2D eigenvalue weighted by atomic mass is 9.99. The van der Waals surface area contributed by atoms with E-state index >= 15 is 0 Å². The van der Waals surface area contributed by atoms with Crippen molar-refractivity contribution < 1.29 is 9.13 Å². The smallest absolute Gasteiger partial charge is 0.137 e. The molecule has 0 heterocycles. The fraction of sp³-hybridized carbons (Fsp3) is 0.143. The van der Waals surface area contributed by atoms with Gasteiger partial charge in [-0.2, -0.15) is 0 Å². The Labute approximate surface area is 114 Å². The standard InChI is InChI=1S/C14H13BrFNO/c1-18-10-7-5-9(6-8-10)14(17)11-3-2-4-12(16)13(11)15/h2-8,14H,17H2,1H3. The van der Waals surface area contributed by atoms with Gasteiger partial charge in [0.2, 0.25) is 0 Å². The minimum Gasteiger partial charge on any atom is -0.497 e. The van der Waals surface area contributed by atoms with Crippen molar-refractivity contribution in [2.45, 2.75) is 6.04 Å². The molecule has 1 atom stereocenters. The van der Waals surface area contributed by atoms with Gasteiger partial charge in [-0.1, -0.05) is 24.3 Å². The van der Waals surface area contributed by atoms with Gasteiger partial charge in [0.15, 0.2) is 0 Å². The zero-order chi connectivity index (χ0) is 13.1. The summed E-state index contributed by atoms with van der Waals surface area (Å²) in [6.45, 7) is 0. The van der Waals surface area contributed by atoms with E-state index in [-0.39, 0.29) is 11.9 Å². The molecule has 2 rings (SSSR count). The molecule has 18 heavy (non-hydrogen) atoms. The third-order valence-corrected chi connectivity index (χ3v) is 3.63. The molecule has 0 aromatic heterocycles. The number of ether oxygens (including phenoxy) is 1. The Balaban J connectivity index is 2.35. The Bertz CT molecular complexity index is 542. The molecular formula is C14H13BrFNO. The lowest BCUT2D eigenvalue weighted by Gasteiger charge is -2.15. The van der Waals surface area contributed by atoms with E-state index in [1.165, 1.54) is 6.07 Å². The van der Waals surface area contributed by atoms with Crippen molar-refractivity contribution in [3.63, 3.8) is 0 Å². The van der Waals surface area contributed by atoms with Crippen LogP contribution in [0.15, 0.2) is 46.9 Å². The van der Waals surface area contributed by atoms with Gasteiger partial charge < -0.3 is 10.5 Å². The van der Waals surface area contributed by atoms with Crippen LogP contribution < -0.4 is 10.5 Å². The van der Waals surface area contributed by atoms with Crippen molar-refractivity contribution in [2.24, 2.45) is 5.73 Å². The molecule has 0 radical (unpaired) electrons. The highest BCUT2D eigenvalue weighted by Gasteiger charge is 2.14. The minimum atomic E-state index is -0.374. The Hall–Kier alpha value is -1.39. The summed E-state index contributed by atoms with van der Waals surface area (Å²) in [5, 5.41) is 0. The topological polar surface area (TPSA) is 35.2 Å². The summed E-state index contributed by atoms with van der Waals surface area (Å²) in [5.41, 5.74) is 7.77. The van der Waals surface area contributed by atoms with Crippen LogP contribution in [0.4, 0.5) is 4.39 Å². The summed E-state index contributed by atoms with van der Waals surface area (Å²) in [6, 6.07) is 11.9. The zero-order valence-electron chi connectivity index (χ0n) is 9.86. The van der Waals surface area contributed by atoms with Crippen LogP contribution >= 0.6 is 15.9 Å². The Morgan fingerprint density at radius 1 is 1.17 bits per heavy atom. The second-order valence-corrected chi connectivity index (χ2v) is 4.69. The first-order valence-corrected chi connectivity index (χ1v) is 6.26. The molecule has 4 heteroatoms. The summed E-state index contributed by atoms with van der Waals surface area (Å²) < 4.78 is 18.9. The van der Waals surface area contributed by atoms with Crippen LogP contribution in [0.3, 0.4) is 0 Å². The number of hydrogen-bond acceptors (Lipinski definition) is 2. The van der Waals surface area contributed by atoms with Crippen LogP contribution in [-0.2, 0) is 0 Å². The Morgan fingerprint density at radius 3 is 2.44 bits per heavy atom. The van der Waals surface area contributed by atoms with E-state index in [2.05, 4.69) is 15.9 Å². The van der Waals surface area contributed by atoms with Crippen molar-refractivity contribution in [1.82, 2.24) is 0 Å². The second kappa shape index (κ2) is 5.50. The molecule has 2 aromatic rings. The van der Waals surface area contributed by atoms with Crippen LogP contribution in [0.1, 0.15) is 17.2 Å². The number of methoxy groups -OCH3 is 1. The molecule has 0 saturated heterocycles. The summed E-state index contributed by atoms with van der Waals surface area (Å²) in [6.07, 6.45) is 0. The molecule has 0 saturated carbocycles. The summed E-state index contributed by atoms with van der Waals surface area (Å²) in [5.74, 6) is 0.459. The van der Waals surface area contributed by atoms with Crippen LogP contribution in [0.2, 0.25) is 0 Å². The molecule has 94 valence electrons. The van der Waals surface area contributed by atoms with Gasteiger partial charge in [0.1, 0.15) is 11.6 Å². The molecule has 0 fully saturated rings. The van der Waals surface area contributed by atoms with Gasteiger partial charge in [-0.05, 0) is 45.3 Å². The Morgan fingerprint density at radius 2 is 1.83 bits per heavy atom. The van der Waals surface area contributed by atoms with Gasteiger partial charge in [0.05, 0.1) is 17.6 Å². The van der Waals surface area contributed by atoms with Crippen molar-refractivity contribution in [2.75, 3.05) is 7.11 Å². The number of hydrogen-bond donors (Lipinski definition) is 1. The summed E-state index contributed by atoms with van der Waals surface area (Å²) >= 11 is 3.23. The quantitative estimate of drug-likeness (QED) is 0.939. The molecule has 1 unspecified atom stereocenters. The average molecular weight is 310 g/mol. The van der Waals surface area contributed by atoms with Crippen molar-refractivity contribution in [1.29, 1.82) is 0 Å². The van der Waals surface area contributed by atoms with E-state index in [0.29, 0.717) is 4.47 Å². The van der Waals surface area contributed by atoms with Gasteiger partial charge in [0.25, 0.3) is 0 Å². The lowest BCUT2D eigenvalue weighted by molar-refractivity contribution is 0.414. The molecule has 0 spiro atoms. The maximum atomic E-state index is 13.5. The van der Waals surface area contributed by atoms with Crippen LogP contribution in [0, 0.1) is 5.82 Å². The van der Waals surface area contributed by atoms with E-state index < -0.39 is 0 Å². The van der Waals surface area contributed by atoms with E-state index in [1.54, 1.807) is 13.2 Å². The monoisotopic (exact) mass is 309 g/mol. The van der Waals surface area contributed by atoms with Gasteiger partial charge in [0, 0.05) is 0 Å². The van der Waals surface area contributed by atoms with Crippen LogP contribution in [0.5, 0.6) is 5.75 Å². The molecule has 0 bridgehead atoms. The third kappa shape index (κ3) is 2.54. The highest BCUT2D eigenvalue weighted by molar-refractivity contribution is 9.10. The van der Waals surface area contributed by atoms with E-state index in [9.17, 15) is 4.39 Å². The van der Waals surface area contributed by atoms with E-state index in [0.717, 1.165) is 16.9 Å². The van der Waals surface area contributed by atoms with Crippen molar-refractivity contribution in [3.8, 4) is 5.75 Å². The molecule has 2 aromatic carbocycles. The molecule has 0 aliphatic rings. The van der Waals surface area contributed by atoms with Gasteiger partial charge in [-0.25, -0.2) is 4.39 Å². The third-order valence-electron chi connectivity index (χ3n) is 2.79. The summed E-state index contributed by atoms with van der Waals surface area (Å²) in [4.78, 5) is 0. The molecule has 0 amide bonds. The Kier molecular flexibility index (Phi) is 3.99. The highest BCUT2D eigenvalue weighted by Crippen LogP contribution is 2.29. The number of halogens is 2. The zero-order valence-corrected chi connectivity index (χ0v) is 11.4. The SMILES string of the molecule is COc1ccc(C(N)c2cccc(F)c2Br)cc1. The molecule has 0 aliphatic carbocycles. The van der Waals surface area contributed by atoms with Crippen LogP contribution in [0.25, 0.3) is 0 Å². The van der Waals surface area contributed by atoms with Crippen molar-refractivity contribution >= 4 is 15.9 Å². The first-order chi connectivity index (χ1) is 8.63. The van der Waals surface area contributed by atoms with Gasteiger partial charge >= 0.3 is 0 Å². The van der Waals surface area contributed by atoms with E-state index in [1.807, 2.05) is 30.3 Å². The number of nitrogens with two attached hydrogens (primary N) is 1. The number of rotatable bonds is 3. The first kappa shape index (κ1) is 13.1. The van der Waals surface area contributed by atoms with E-state index in [4.69, 9.17) is 10.5 Å². The normalized spacial score (nSPS) is 12.2. The molecule has 2 nitrogen and oxygen atoms in total. The molecule has 0 aliphatic heterocycles. The maximum absolute atomic E-state index is 13.5. The van der Waals surface area contributed by atoms with Gasteiger partial charge in [-0.15, -0.1) is 0 Å².